The Kier molecular flexibility index (Phi) is 3.47. The van der Waals surface area contributed by atoms with Crippen LogP contribution in [0.15, 0.2) is 28.7 Å². The Balaban J connectivity index is 2.07. The van der Waals surface area contributed by atoms with Crippen LogP contribution in [-0.2, 0) is 13.6 Å². The van der Waals surface area contributed by atoms with E-state index in [1.54, 1.807) is 6.07 Å². The van der Waals surface area contributed by atoms with Crippen LogP contribution in [-0.4, -0.2) is 9.78 Å². The van der Waals surface area contributed by atoms with E-state index in [1.165, 1.54) is 6.07 Å². The summed E-state index contributed by atoms with van der Waals surface area (Å²) in [6.45, 7) is 2.57. The quantitative estimate of drug-likeness (QED) is 0.942. The predicted octanol–water partition coefficient (Wildman–Crippen LogP) is 3.24. The molecule has 0 spiro atoms. The second-order valence-corrected chi connectivity index (χ2v) is 4.74. The fraction of sp³-hybridized carbons (Fsp3) is 0.250. The van der Waals surface area contributed by atoms with Crippen molar-refractivity contribution in [1.29, 1.82) is 0 Å². The van der Waals surface area contributed by atoms with E-state index in [2.05, 4.69) is 26.3 Å². The van der Waals surface area contributed by atoms with Gasteiger partial charge in [0.1, 0.15) is 5.82 Å². The molecule has 2 rings (SSSR count). The van der Waals surface area contributed by atoms with Gasteiger partial charge in [-0.1, -0.05) is 0 Å². The van der Waals surface area contributed by atoms with Gasteiger partial charge < -0.3 is 5.32 Å². The minimum atomic E-state index is -0.267. The molecule has 90 valence electrons. The van der Waals surface area contributed by atoms with Crippen molar-refractivity contribution < 1.29 is 4.39 Å². The van der Waals surface area contributed by atoms with Gasteiger partial charge in [-0.05, 0) is 47.1 Å². The summed E-state index contributed by atoms with van der Waals surface area (Å²) in [5.41, 5.74) is 2.79. The summed E-state index contributed by atoms with van der Waals surface area (Å²) in [6, 6.07) is 6.98. The van der Waals surface area contributed by atoms with Crippen molar-refractivity contribution in [2.24, 2.45) is 7.05 Å². The number of hydrogen-bond acceptors (Lipinski definition) is 2. The molecule has 2 aromatic rings. The lowest BCUT2D eigenvalue weighted by atomic mass is 10.3. The smallest absolute Gasteiger partial charge is 0.139 e. The average molecular weight is 298 g/mol. The van der Waals surface area contributed by atoms with Crippen LogP contribution in [0.5, 0.6) is 0 Å². The number of aryl methyl sites for hydroxylation is 2. The van der Waals surface area contributed by atoms with E-state index in [0.29, 0.717) is 11.0 Å². The molecule has 0 bridgehead atoms. The standard InChI is InChI=1S/C12H13BrFN3/c1-8-5-10(17(2)16-8)7-15-9-3-4-11(13)12(14)6-9/h3-6,15H,7H2,1-2H3. The van der Waals surface area contributed by atoms with E-state index >= 15 is 0 Å². The Labute approximate surface area is 108 Å². The van der Waals surface area contributed by atoms with Gasteiger partial charge in [0.15, 0.2) is 0 Å². The van der Waals surface area contributed by atoms with Gasteiger partial charge in [-0.2, -0.15) is 5.10 Å². The zero-order valence-corrected chi connectivity index (χ0v) is 11.3. The summed E-state index contributed by atoms with van der Waals surface area (Å²) in [5, 5.41) is 7.41. The first-order chi connectivity index (χ1) is 8.06. The Morgan fingerprint density at radius 3 is 2.76 bits per heavy atom. The molecule has 0 aliphatic carbocycles. The molecule has 0 saturated heterocycles. The minimum absolute atomic E-state index is 0.267. The van der Waals surface area contributed by atoms with Gasteiger partial charge in [0.05, 0.1) is 22.4 Å². The molecule has 0 unspecified atom stereocenters. The summed E-state index contributed by atoms with van der Waals surface area (Å²) in [4.78, 5) is 0. The third kappa shape index (κ3) is 2.85. The van der Waals surface area contributed by atoms with E-state index in [0.717, 1.165) is 17.1 Å². The van der Waals surface area contributed by atoms with Gasteiger partial charge >= 0.3 is 0 Å². The Bertz CT molecular complexity index is 537. The molecule has 3 nitrogen and oxygen atoms in total. The van der Waals surface area contributed by atoms with E-state index in [1.807, 2.05) is 30.8 Å². The molecule has 0 radical (unpaired) electrons. The number of hydrogen-bond donors (Lipinski definition) is 1. The van der Waals surface area contributed by atoms with Crippen LogP contribution in [0.3, 0.4) is 0 Å². The predicted molar refractivity (Wildman–Crippen MR) is 69.4 cm³/mol. The number of nitrogens with one attached hydrogen (secondary N) is 1. The molecule has 0 aliphatic rings. The average Bonchev–Trinajstić information content (AvgIpc) is 2.59. The maximum Gasteiger partial charge on any atom is 0.139 e. The molecule has 0 atom stereocenters. The molecule has 5 heteroatoms. The van der Waals surface area contributed by atoms with Gasteiger partial charge in [0.25, 0.3) is 0 Å². The van der Waals surface area contributed by atoms with E-state index < -0.39 is 0 Å². The van der Waals surface area contributed by atoms with Crippen molar-refractivity contribution in [3.05, 3.63) is 45.9 Å². The second kappa shape index (κ2) is 4.87. The van der Waals surface area contributed by atoms with Crippen molar-refractivity contribution in [2.75, 3.05) is 5.32 Å². The van der Waals surface area contributed by atoms with Crippen LogP contribution < -0.4 is 5.32 Å². The van der Waals surface area contributed by atoms with Gasteiger partial charge in [-0.3, -0.25) is 4.68 Å². The van der Waals surface area contributed by atoms with Crippen LogP contribution in [0, 0.1) is 12.7 Å². The summed E-state index contributed by atoms with van der Waals surface area (Å²) in [7, 11) is 1.90. The topological polar surface area (TPSA) is 29.9 Å². The monoisotopic (exact) mass is 297 g/mol. The number of anilines is 1. The van der Waals surface area contributed by atoms with E-state index in [-0.39, 0.29) is 5.82 Å². The van der Waals surface area contributed by atoms with Crippen molar-refractivity contribution >= 4 is 21.6 Å². The van der Waals surface area contributed by atoms with Crippen LogP contribution in [0.1, 0.15) is 11.4 Å². The first-order valence-corrected chi connectivity index (χ1v) is 6.04. The van der Waals surface area contributed by atoms with Crippen LogP contribution in [0.2, 0.25) is 0 Å². The normalized spacial score (nSPS) is 10.6. The summed E-state index contributed by atoms with van der Waals surface area (Å²) < 4.78 is 15.6. The van der Waals surface area contributed by atoms with Crippen LogP contribution in [0.4, 0.5) is 10.1 Å². The molecular formula is C12H13BrFN3. The number of rotatable bonds is 3. The molecule has 0 aliphatic heterocycles. The molecule has 1 heterocycles. The zero-order chi connectivity index (χ0) is 12.4. The Hall–Kier alpha value is -1.36. The lowest BCUT2D eigenvalue weighted by Crippen LogP contribution is -2.05. The van der Waals surface area contributed by atoms with Crippen molar-refractivity contribution in [3.63, 3.8) is 0 Å². The lowest BCUT2D eigenvalue weighted by molar-refractivity contribution is 0.621. The second-order valence-electron chi connectivity index (χ2n) is 3.88. The van der Waals surface area contributed by atoms with E-state index in [4.69, 9.17) is 0 Å². The van der Waals surface area contributed by atoms with Gasteiger partial charge in [0, 0.05) is 12.7 Å². The molecule has 0 fully saturated rings. The number of halogens is 2. The van der Waals surface area contributed by atoms with Crippen molar-refractivity contribution in [1.82, 2.24) is 9.78 Å². The fourth-order valence-corrected chi connectivity index (χ4v) is 1.88. The molecule has 0 amide bonds. The highest BCUT2D eigenvalue weighted by Crippen LogP contribution is 2.19. The largest absolute Gasteiger partial charge is 0.379 e. The molecule has 1 aromatic heterocycles. The Morgan fingerprint density at radius 2 is 2.18 bits per heavy atom. The Morgan fingerprint density at radius 1 is 1.41 bits per heavy atom. The maximum absolute atomic E-state index is 13.3. The van der Waals surface area contributed by atoms with Gasteiger partial charge in [-0.25, -0.2) is 4.39 Å². The first-order valence-electron chi connectivity index (χ1n) is 5.24. The maximum atomic E-state index is 13.3. The molecule has 1 aromatic carbocycles. The molecular weight excluding hydrogens is 285 g/mol. The highest BCUT2D eigenvalue weighted by molar-refractivity contribution is 9.10. The van der Waals surface area contributed by atoms with Gasteiger partial charge in [0.2, 0.25) is 0 Å². The first kappa shape index (κ1) is 12.1. The van der Waals surface area contributed by atoms with Crippen molar-refractivity contribution in [3.8, 4) is 0 Å². The van der Waals surface area contributed by atoms with Gasteiger partial charge in [-0.15, -0.1) is 0 Å². The molecule has 1 N–H and O–H groups in total. The van der Waals surface area contributed by atoms with Crippen LogP contribution >= 0.6 is 15.9 Å². The van der Waals surface area contributed by atoms with Crippen LogP contribution in [0.25, 0.3) is 0 Å². The number of benzene rings is 1. The fourth-order valence-electron chi connectivity index (χ4n) is 1.63. The summed E-state index contributed by atoms with van der Waals surface area (Å²) in [5.74, 6) is -0.267. The highest BCUT2D eigenvalue weighted by atomic mass is 79.9. The SMILES string of the molecule is Cc1cc(CNc2ccc(Br)c(F)c2)n(C)n1. The molecule has 17 heavy (non-hydrogen) atoms. The van der Waals surface area contributed by atoms with E-state index in [9.17, 15) is 4.39 Å². The van der Waals surface area contributed by atoms with Crippen molar-refractivity contribution in [2.45, 2.75) is 13.5 Å². The highest BCUT2D eigenvalue weighted by Gasteiger charge is 2.03. The third-order valence-corrected chi connectivity index (χ3v) is 3.14. The summed E-state index contributed by atoms with van der Waals surface area (Å²) >= 11 is 3.12. The number of nitrogens with zero attached hydrogens (tertiary/aromatic N) is 2. The molecule has 0 saturated carbocycles. The lowest BCUT2D eigenvalue weighted by Gasteiger charge is -2.07. The number of aromatic nitrogens is 2. The third-order valence-electron chi connectivity index (χ3n) is 2.49. The zero-order valence-electron chi connectivity index (χ0n) is 9.67. The minimum Gasteiger partial charge on any atom is -0.379 e. The summed E-state index contributed by atoms with van der Waals surface area (Å²) in [6.07, 6.45) is 0.